The van der Waals surface area contributed by atoms with Crippen LogP contribution < -0.4 is 10.9 Å². The van der Waals surface area contributed by atoms with Crippen LogP contribution in [0.15, 0.2) is 47.5 Å². The smallest absolute Gasteiger partial charge is 0.270 e. The zero-order valence-corrected chi connectivity index (χ0v) is 18.1. The fourth-order valence-corrected chi connectivity index (χ4v) is 3.95. The Hall–Kier alpha value is -3.32. The summed E-state index contributed by atoms with van der Waals surface area (Å²) in [5.41, 5.74) is 5.41. The van der Waals surface area contributed by atoms with Gasteiger partial charge < -0.3 is 10.3 Å². The van der Waals surface area contributed by atoms with E-state index >= 15 is 0 Å². The first-order valence-corrected chi connectivity index (χ1v) is 11.2. The lowest BCUT2D eigenvalue weighted by Crippen LogP contribution is -2.28. The molecule has 0 aromatic carbocycles. The summed E-state index contributed by atoms with van der Waals surface area (Å²) in [4.78, 5) is 38.1. The molecular weight excluding hydrogens is 402 g/mol. The summed E-state index contributed by atoms with van der Waals surface area (Å²) in [7, 11) is 0. The van der Waals surface area contributed by atoms with E-state index in [0.29, 0.717) is 35.8 Å². The topological polar surface area (TPSA) is 91.0 Å². The molecule has 1 unspecified atom stereocenters. The number of nitrogens with one attached hydrogen (secondary N) is 2. The Balaban J connectivity index is 1.27. The number of hydrogen-bond acceptors (Lipinski definition) is 5. The first kappa shape index (κ1) is 19.4. The largest absolute Gasteiger partial charge is 0.348 e. The van der Waals surface area contributed by atoms with Crippen molar-refractivity contribution in [3.63, 3.8) is 0 Å². The van der Waals surface area contributed by atoms with E-state index in [1.807, 2.05) is 25.1 Å². The van der Waals surface area contributed by atoms with Crippen molar-refractivity contribution >= 4 is 22.5 Å². The third-order valence-corrected chi connectivity index (χ3v) is 6.02. The van der Waals surface area contributed by atoms with Crippen LogP contribution in [0.5, 0.6) is 0 Å². The number of carbonyl (C=O) groups excluding carboxylic acids is 1. The number of amides is 1. The van der Waals surface area contributed by atoms with Crippen molar-refractivity contribution in [3.05, 3.63) is 75.5 Å². The highest BCUT2D eigenvalue weighted by Gasteiger charge is 2.24. The summed E-state index contributed by atoms with van der Waals surface area (Å²) in [6, 6.07) is 7.72. The monoisotopic (exact) mass is 430 g/mol. The molecule has 3 aromatic rings. The molecule has 1 aliphatic carbocycles. The van der Waals surface area contributed by atoms with Crippen LogP contribution in [-0.2, 0) is 12.9 Å². The van der Waals surface area contributed by atoms with Gasteiger partial charge in [-0.1, -0.05) is 19.1 Å². The van der Waals surface area contributed by atoms with Gasteiger partial charge in [-0.05, 0) is 60.6 Å². The average molecular weight is 431 g/mol. The Morgan fingerprint density at radius 3 is 2.84 bits per heavy atom. The third kappa shape index (κ3) is 4.48. The summed E-state index contributed by atoms with van der Waals surface area (Å²) < 4.78 is 8.73. The van der Waals surface area contributed by atoms with Gasteiger partial charge in [0.25, 0.3) is 11.5 Å². The van der Waals surface area contributed by atoms with Gasteiger partial charge in [0.1, 0.15) is 5.69 Å². The van der Waals surface area contributed by atoms with Crippen LogP contribution >= 0.6 is 0 Å². The SMILES string of the molecule is [2H]C(c1cnc2cc(CC)c(=O)[nH]c2c1)N1CC=C(c2ccc(C(=O)NC3CC3)nc2)CC1. The number of rotatable bonds is 6. The predicted octanol–water partition coefficient (Wildman–Crippen LogP) is 3.06. The summed E-state index contributed by atoms with van der Waals surface area (Å²) >= 11 is 0. The summed E-state index contributed by atoms with van der Waals surface area (Å²) in [6.45, 7) is 2.74. The molecule has 3 aromatic heterocycles. The second kappa shape index (κ2) is 8.67. The quantitative estimate of drug-likeness (QED) is 0.627. The van der Waals surface area contributed by atoms with Crippen molar-refractivity contribution in [2.24, 2.45) is 0 Å². The molecule has 7 nitrogen and oxygen atoms in total. The summed E-state index contributed by atoms with van der Waals surface area (Å²) in [6.07, 6.45) is 9.17. The van der Waals surface area contributed by atoms with E-state index in [2.05, 4.69) is 31.2 Å². The Labute approximate surface area is 188 Å². The van der Waals surface area contributed by atoms with E-state index in [9.17, 15) is 9.59 Å². The van der Waals surface area contributed by atoms with E-state index in [4.69, 9.17) is 1.37 Å². The molecule has 5 rings (SSSR count). The minimum Gasteiger partial charge on any atom is -0.348 e. The molecule has 1 amide bonds. The van der Waals surface area contributed by atoms with Crippen LogP contribution in [0.4, 0.5) is 0 Å². The third-order valence-electron chi connectivity index (χ3n) is 6.02. The molecular formula is C25H27N5O2. The summed E-state index contributed by atoms with van der Waals surface area (Å²) in [5.74, 6) is -0.110. The normalized spacial score (nSPS) is 18.2. The minimum absolute atomic E-state index is 0.0966. The zero-order chi connectivity index (χ0) is 22.9. The highest BCUT2D eigenvalue weighted by Crippen LogP contribution is 2.24. The van der Waals surface area contributed by atoms with Gasteiger partial charge in [0, 0.05) is 45.0 Å². The van der Waals surface area contributed by atoms with Gasteiger partial charge in [0.2, 0.25) is 0 Å². The number of pyridine rings is 3. The molecule has 0 bridgehead atoms. The van der Waals surface area contributed by atoms with Gasteiger partial charge in [0.15, 0.2) is 0 Å². The molecule has 32 heavy (non-hydrogen) atoms. The van der Waals surface area contributed by atoms with Gasteiger partial charge >= 0.3 is 0 Å². The maximum Gasteiger partial charge on any atom is 0.270 e. The maximum atomic E-state index is 12.2. The van der Waals surface area contributed by atoms with Crippen molar-refractivity contribution in [2.75, 3.05) is 13.1 Å². The number of fused-ring (bicyclic) bond motifs is 1. The Bertz CT molecular complexity index is 1280. The number of hydrogen-bond donors (Lipinski definition) is 2. The van der Waals surface area contributed by atoms with Gasteiger partial charge in [-0.2, -0.15) is 0 Å². The van der Waals surface area contributed by atoms with Crippen molar-refractivity contribution in [2.45, 2.75) is 45.2 Å². The van der Waals surface area contributed by atoms with Gasteiger partial charge in [-0.3, -0.25) is 24.5 Å². The van der Waals surface area contributed by atoms with E-state index in [-0.39, 0.29) is 11.5 Å². The van der Waals surface area contributed by atoms with Gasteiger partial charge in [-0.15, -0.1) is 0 Å². The number of nitrogens with zero attached hydrogens (tertiary/aromatic N) is 3. The van der Waals surface area contributed by atoms with Crippen LogP contribution in [-0.4, -0.2) is 44.9 Å². The van der Waals surface area contributed by atoms with Gasteiger partial charge in [0.05, 0.1) is 11.0 Å². The lowest BCUT2D eigenvalue weighted by molar-refractivity contribution is 0.0946. The first-order chi connectivity index (χ1) is 16.0. The molecule has 4 heterocycles. The molecule has 0 saturated heterocycles. The minimum atomic E-state index is -0.569. The van der Waals surface area contributed by atoms with Crippen molar-refractivity contribution < 1.29 is 6.17 Å². The van der Waals surface area contributed by atoms with Crippen LogP contribution in [0.1, 0.15) is 54.7 Å². The molecule has 1 fully saturated rings. The number of aryl methyl sites for hydroxylation is 1. The Kier molecular flexibility index (Phi) is 5.25. The predicted molar refractivity (Wildman–Crippen MR) is 124 cm³/mol. The second-order valence-electron chi connectivity index (χ2n) is 8.46. The first-order valence-electron chi connectivity index (χ1n) is 11.7. The Morgan fingerprint density at radius 2 is 2.16 bits per heavy atom. The van der Waals surface area contributed by atoms with E-state index in [1.54, 1.807) is 18.5 Å². The van der Waals surface area contributed by atoms with E-state index in [0.717, 1.165) is 42.5 Å². The molecule has 1 aliphatic heterocycles. The standard InChI is InChI=1S/C25H27N5O2/c1-2-17-12-22-23(29-24(17)31)11-16(13-26-22)15-30-9-7-18(8-10-30)19-3-6-21(27-14-19)25(32)28-20-4-5-20/h3,6-7,11-14,20H,2,4-5,8-10,15H2,1H3,(H,28,32)(H,29,31)/i15D. The number of H-pyrrole nitrogens is 1. The van der Waals surface area contributed by atoms with Crippen LogP contribution in [0.2, 0.25) is 0 Å². The molecule has 0 radical (unpaired) electrons. The number of carbonyl (C=O) groups is 1. The molecule has 1 saturated carbocycles. The van der Waals surface area contributed by atoms with Crippen LogP contribution in [0.25, 0.3) is 16.6 Å². The fourth-order valence-electron chi connectivity index (χ4n) is 3.95. The molecule has 2 aliphatic rings. The lowest BCUT2D eigenvalue weighted by atomic mass is 10.0. The summed E-state index contributed by atoms with van der Waals surface area (Å²) in [5, 5.41) is 2.95. The van der Waals surface area contributed by atoms with Crippen LogP contribution in [0.3, 0.4) is 0 Å². The lowest BCUT2D eigenvalue weighted by Gasteiger charge is -2.26. The van der Waals surface area contributed by atoms with Gasteiger partial charge in [-0.25, -0.2) is 0 Å². The molecule has 0 spiro atoms. The highest BCUT2D eigenvalue weighted by molar-refractivity contribution is 5.92. The second-order valence-corrected chi connectivity index (χ2v) is 8.46. The molecule has 1 atom stereocenters. The van der Waals surface area contributed by atoms with Crippen molar-refractivity contribution in [3.8, 4) is 0 Å². The molecule has 164 valence electrons. The highest BCUT2D eigenvalue weighted by atomic mass is 16.2. The van der Waals surface area contributed by atoms with Crippen molar-refractivity contribution in [1.29, 1.82) is 0 Å². The van der Waals surface area contributed by atoms with E-state index < -0.39 is 6.52 Å². The number of aromatic amines is 1. The molecule has 2 N–H and O–H groups in total. The van der Waals surface area contributed by atoms with Crippen LogP contribution in [0, 0.1) is 0 Å². The van der Waals surface area contributed by atoms with Crippen molar-refractivity contribution in [1.82, 2.24) is 25.2 Å². The fraction of sp³-hybridized carbons (Fsp3) is 0.360. The van der Waals surface area contributed by atoms with E-state index in [1.165, 1.54) is 5.57 Å². The Morgan fingerprint density at radius 1 is 1.28 bits per heavy atom. The maximum absolute atomic E-state index is 12.2. The average Bonchev–Trinajstić information content (AvgIpc) is 3.67. The molecule has 7 heteroatoms. The zero-order valence-electron chi connectivity index (χ0n) is 19.1. The number of aromatic nitrogens is 3.